The Kier molecular flexibility index (Phi) is 3.57. The van der Waals surface area contributed by atoms with Crippen molar-refractivity contribution in [1.82, 2.24) is 9.78 Å². The molecule has 1 aromatic heterocycles. The van der Waals surface area contributed by atoms with Crippen molar-refractivity contribution < 1.29 is 19.4 Å². The Morgan fingerprint density at radius 3 is 2.59 bits per heavy atom. The van der Waals surface area contributed by atoms with E-state index in [1.165, 1.54) is 24.3 Å². The van der Waals surface area contributed by atoms with E-state index in [0.717, 1.165) is 11.1 Å². The van der Waals surface area contributed by atoms with Crippen LogP contribution < -0.4 is 4.94 Å². The molecule has 0 aliphatic heterocycles. The third-order valence-corrected chi connectivity index (χ3v) is 3.22. The van der Waals surface area contributed by atoms with Gasteiger partial charge in [0.1, 0.15) is 0 Å². The van der Waals surface area contributed by atoms with E-state index in [1.807, 2.05) is 0 Å². The van der Waals surface area contributed by atoms with Gasteiger partial charge in [-0.05, 0) is 29.8 Å². The fourth-order valence-electron chi connectivity index (χ4n) is 2.09. The van der Waals surface area contributed by atoms with Gasteiger partial charge in [0.25, 0.3) is 0 Å². The highest BCUT2D eigenvalue weighted by atomic mass is 19.3. The van der Waals surface area contributed by atoms with Gasteiger partial charge in [-0.15, -0.1) is 0 Å². The molecule has 2 aromatic carbocycles. The third-order valence-electron chi connectivity index (χ3n) is 3.22. The Hall–Kier alpha value is -3.15. The first-order chi connectivity index (χ1) is 10.7. The van der Waals surface area contributed by atoms with Crippen molar-refractivity contribution in [3.8, 4) is 22.6 Å². The molecule has 22 heavy (non-hydrogen) atoms. The van der Waals surface area contributed by atoms with E-state index in [-0.39, 0.29) is 11.3 Å². The molecule has 6 heteroatoms. The first-order valence-corrected chi connectivity index (χ1v) is 6.45. The van der Waals surface area contributed by atoms with Gasteiger partial charge in [0.2, 0.25) is 0 Å². The number of aromatic carboxylic acids is 1. The average molecular weight is 298 g/mol. The highest BCUT2D eigenvalue weighted by Gasteiger charge is 2.07. The van der Waals surface area contributed by atoms with Gasteiger partial charge < -0.3 is 5.11 Å². The Bertz CT molecular complexity index is 812. The number of nitrogens with zero attached hydrogens (tertiary/aromatic N) is 2. The fraction of sp³-hybridized carbons (Fsp3) is 0. The maximum Gasteiger partial charge on any atom is 0.335 e. The van der Waals surface area contributed by atoms with Crippen LogP contribution in [0.25, 0.3) is 16.8 Å². The molecule has 0 radical (unpaired) electrons. The predicted octanol–water partition coefficient (Wildman–Crippen LogP) is 3.50. The lowest BCUT2D eigenvalue weighted by molar-refractivity contribution is -0.00621. The van der Waals surface area contributed by atoms with E-state index < -0.39 is 5.97 Å². The van der Waals surface area contributed by atoms with Crippen LogP contribution in [0, 0.1) is 0 Å². The third kappa shape index (κ3) is 2.67. The first-order valence-electron chi connectivity index (χ1n) is 6.45. The summed E-state index contributed by atoms with van der Waals surface area (Å²) in [6.45, 7) is 0. The second kappa shape index (κ2) is 5.69. The molecule has 0 fully saturated rings. The number of hydrogen-bond acceptors (Lipinski definition) is 3. The standard InChI is InChI=1S/C16H11FN2O3/c17-22-15-3-1-2-14(8-15)19-10-13(9-18-19)11-4-6-12(7-5-11)16(20)21/h1-10H,(H,20,21). The lowest BCUT2D eigenvalue weighted by atomic mass is 10.1. The highest BCUT2D eigenvalue weighted by Crippen LogP contribution is 2.22. The van der Waals surface area contributed by atoms with E-state index in [0.29, 0.717) is 5.69 Å². The SMILES string of the molecule is O=C(O)c1ccc(-c2cnn(-c3cccc(OF)c3)c2)cc1. The highest BCUT2D eigenvalue weighted by molar-refractivity contribution is 5.88. The molecule has 3 rings (SSSR count). The van der Waals surface area contributed by atoms with E-state index in [2.05, 4.69) is 10.0 Å². The zero-order chi connectivity index (χ0) is 15.5. The number of hydrogen-bond donors (Lipinski definition) is 1. The zero-order valence-electron chi connectivity index (χ0n) is 11.3. The summed E-state index contributed by atoms with van der Waals surface area (Å²) in [6, 6.07) is 12.9. The molecule has 0 unspecified atom stereocenters. The summed E-state index contributed by atoms with van der Waals surface area (Å²) in [7, 11) is 0. The van der Waals surface area contributed by atoms with E-state index >= 15 is 0 Å². The Morgan fingerprint density at radius 2 is 1.91 bits per heavy atom. The monoisotopic (exact) mass is 298 g/mol. The van der Waals surface area contributed by atoms with E-state index in [9.17, 15) is 9.32 Å². The van der Waals surface area contributed by atoms with Crippen LogP contribution in [0.1, 0.15) is 10.4 Å². The number of aromatic nitrogens is 2. The predicted molar refractivity (Wildman–Crippen MR) is 77.7 cm³/mol. The van der Waals surface area contributed by atoms with Gasteiger partial charge in [0.15, 0.2) is 5.75 Å². The largest absolute Gasteiger partial charge is 0.478 e. The van der Waals surface area contributed by atoms with Gasteiger partial charge in [-0.2, -0.15) is 5.10 Å². The topological polar surface area (TPSA) is 64.3 Å². The summed E-state index contributed by atoms with van der Waals surface area (Å²) in [5.74, 6) is -0.870. The van der Waals surface area contributed by atoms with Gasteiger partial charge in [0.05, 0.1) is 17.4 Å². The zero-order valence-corrected chi connectivity index (χ0v) is 11.3. The number of carbonyl (C=O) groups is 1. The van der Waals surface area contributed by atoms with Crippen molar-refractivity contribution >= 4 is 5.97 Å². The van der Waals surface area contributed by atoms with Crippen LogP contribution >= 0.6 is 0 Å². The van der Waals surface area contributed by atoms with Crippen LogP contribution in [-0.2, 0) is 0 Å². The molecule has 110 valence electrons. The van der Waals surface area contributed by atoms with Crippen molar-refractivity contribution in [2.75, 3.05) is 0 Å². The lowest BCUT2D eigenvalue weighted by Crippen LogP contribution is -1.95. The molecule has 5 nitrogen and oxygen atoms in total. The van der Waals surface area contributed by atoms with Gasteiger partial charge in [-0.3, -0.25) is 4.94 Å². The molecule has 1 heterocycles. The smallest absolute Gasteiger partial charge is 0.335 e. The van der Waals surface area contributed by atoms with Crippen molar-refractivity contribution in [3.05, 3.63) is 66.5 Å². The Balaban J connectivity index is 1.91. The fourth-order valence-corrected chi connectivity index (χ4v) is 2.09. The second-order valence-electron chi connectivity index (χ2n) is 4.63. The van der Waals surface area contributed by atoms with Crippen molar-refractivity contribution in [2.45, 2.75) is 0 Å². The molecule has 0 atom stereocenters. The molecular weight excluding hydrogens is 287 g/mol. The number of halogens is 1. The van der Waals surface area contributed by atoms with Crippen LogP contribution in [0.5, 0.6) is 5.75 Å². The van der Waals surface area contributed by atoms with Crippen LogP contribution in [-0.4, -0.2) is 20.9 Å². The minimum absolute atomic E-state index is 0.0976. The summed E-state index contributed by atoms with van der Waals surface area (Å²) in [4.78, 5) is 14.5. The average Bonchev–Trinajstić information content (AvgIpc) is 3.05. The molecule has 0 amide bonds. The van der Waals surface area contributed by atoms with Crippen molar-refractivity contribution in [3.63, 3.8) is 0 Å². The number of benzene rings is 2. The molecular formula is C16H11FN2O3. The van der Waals surface area contributed by atoms with Crippen molar-refractivity contribution in [2.24, 2.45) is 0 Å². The Labute approximate surface area is 125 Å². The molecule has 3 aromatic rings. The van der Waals surface area contributed by atoms with E-state index in [1.54, 1.807) is 41.3 Å². The summed E-state index contributed by atoms with van der Waals surface area (Å²) < 4.78 is 13.8. The van der Waals surface area contributed by atoms with Gasteiger partial charge >= 0.3 is 5.97 Å². The van der Waals surface area contributed by atoms with Crippen molar-refractivity contribution in [1.29, 1.82) is 0 Å². The summed E-state index contributed by atoms with van der Waals surface area (Å²) in [5, 5.41) is 13.1. The quantitative estimate of drug-likeness (QED) is 0.800. The Morgan fingerprint density at radius 1 is 1.14 bits per heavy atom. The normalized spacial score (nSPS) is 10.4. The van der Waals surface area contributed by atoms with E-state index in [4.69, 9.17) is 5.11 Å². The lowest BCUT2D eigenvalue weighted by Gasteiger charge is -2.02. The van der Waals surface area contributed by atoms with Crippen LogP contribution in [0.3, 0.4) is 0 Å². The molecule has 0 saturated heterocycles. The summed E-state index contributed by atoms with van der Waals surface area (Å²) in [5.41, 5.74) is 2.55. The molecule has 1 N–H and O–H groups in total. The van der Waals surface area contributed by atoms with Gasteiger partial charge in [0, 0.05) is 22.4 Å². The molecule has 0 spiro atoms. The van der Waals surface area contributed by atoms with Gasteiger partial charge in [-0.1, -0.05) is 18.2 Å². The maximum atomic E-state index is 12.2. The summed E-state index contributed by atoms with van der Waals surface area (Å²) >= 11 is 0. The maximum absolute atomic E-state index is 12.2. The number of carboxylic acid groups (broad SMARTS) is 1. The molecule has 0 aliphatic carbocycles. The molecule has 0 saturated carbocycles. The number of carboxylic acids is 1. The number of rotatable bonds is 4. The van der Waals surface area contributed by atoms with Gasteiger partial charge in [-0.25, -0.2) is 9.48 Å². The minimum atomic E-state index is -0.967. The van der Waals surface area contributed by atoms with Crippen LogP contribution in [0.2, 0.25) is 0 Å². The van der Waals surface area contributed by atoms with Crippen LogP contribution in [0.4, 0.5) is 4.53 Å². The summed E-state index contributed by atoms with van der Waals surface area (Å²) in [6.07, 6.45) is 3.42. The molecule has 0 bridgehead atoms. The first kappa shape index (κ1) is 13.8. The van der Waals surface area contributed by atoms with Crippen LogP contribution in [0.15, 0.2) is 60.9 Å². The second-order valence-corrected chi connectivity index (χ2v) is 4.63. The minimum Gasteiger partial charge on any atom is -0.478 e. The molecule has 0 aliphatic rings.